The molecule has 0 atom stereocenters. The van der Waals surface area contributed by atoms with E-state index in [4.69, 9.17) is 4.74 Å². The molecule has 1 amide bonds. The molecule has 0 aliphatic heterocycles. The summed E-state index contributed by atoms with van der Waals surface area (Å²) in [5, 5.41) is 2.25. The van der Waals surface area contributed by atoms with Gasteiger partial charge in [0, 0.05) is 6.54 Å². The molecule has 1 aromatic heterocycles. The molecule has 1 heterocycles. The van der Waals surface area contributed by atoms with E-state index >= 15 is 0 Å². The monoisotopic (exact) mass is 404 g/mol. The van der Waals surface area contributed by atoms with Crippen LogP contribution in [0.15, 0.2) is 65.7 Å². The van der Waals surface area contributed by atoms with Crippen molar-refractivity contribution in [3.05, 3.63) is 71.0 Å². The van der Waals surface area contributed by atoms with Crippen LogP contribution in [0.25, 0.3) is 21.0 Å². The molecule has 4 aromatic rings. The van der Waals surface area contributed by atoms with Crippen LogP contribution >= 0.6 is 11.3 Å². The molecule has 4 rings (SSSR count). The molecule has 0 saturated heterocycles. The average molecular weight is 405 g/mol. The Kier molecular flexibility index (Phi) is 5.76. The second kappa shape index (κ2) is 8.62. The van der Waals surface area contributed by atoms with Crippen LogP contribution in [0.5, 0.6) is 5.75 Å². The van der Waals surface area contributed by atoms with Gasteiger partial charge >= 0.3 is 0 Å². The molecular formula is C24H24N2O2S. The second-order valence-electron chi connectivity index (χ2n) is 6.92. The van der Waals surface area contributed by atoms with Crippen molar-refractivity contribution >= 4 is 38.2 Å². The quantitative estimate of drug-likeness (QED) is 0.436. The lowest BCUT2D eigenvalue weighted by Crippen LogP contribution is -2.17. The molecule has 0 saturated carbocycles. The molecule has 0 N–H and O–H groups in total. The maximum atomic E-state index is 12.8. The van der Waals surface area contributed by atoms with E-state index in [1.807, 2.05) is 43.3 Å². The lowest BCUT2D eigenvalue weighted by Gasteiger charge is -2.05. The fourth-order valence-corrected chi connectivity index (χ4v) is 4.69. The van der Waals surface area contributed by atoms with Crippen molar-refractivity contribution in [2.75, 3.05) is 6.61 Å². The number of benzene rings is 3. The summed E-state index contributed by atoms with van der Waals surface area (Å²) in [6.45, 7) is 5.57. The molecule has 0 aliphatic rings. The Labute approximate surface area is 174 Å². The van der Waals surface area contributed by atoms with E-state index in [1.165, 1.54) is 0 Å². The highest BCUT2D eigenvalue weighted by molar-refractivity contribution is 7.16. The Hall–Kier alpha value is -2.92. The van der Waals surface area contributed by atoms with Gasteiger partial charge in [0.1, 0.15) is 5.75 Å². The summed E-state index contributed by atoms with van der Waals surface area (Å²) >= 11 is 1.54. The minimum atomic E-state index is -0.122. The largest absolute Gasteiger partial charge is 0.494 e. The summed E-state index contributed by atoms with van der Waals surface area (Å²) in [5.41, 5.74) is 2.11. The van der Waals surface area contributed by atoms with Crippen LogP contribution in [0.4, 0.5) is 0 Å². The van der Waals surface area contributed by atoms with Gasteiger partial charge in [-0.2, -0.15) is 4.99 Å². The van der Waals surface area contributed by atoms with E-state index in [0.717, 1.165) is 50.1 Å². The van der Waals surface area contributed by atoms with Crippen molar-refractivity contribution < 1.29 is 9.53 Å². The number of ether oxygens (including phenoxy) is 1. The first-order valence-electron chi connectivity index (χ1n) is 10.00. The van der Waals surface area contributed by atoms with Crippen molar-refractivity contribution in [1.29, 1.82) is 0 Å². The van der Waals surface area contributed by atoms with Gasteiger partial charge in [0.2, 0.25) is 0 Å². The van der Waals surface area contributed by atoms with Crippen LogP contribution < -0.4 is 9.54 Å². The summed E-state index contributed by atoms with van der Waals surface area (Å²) in [6, 6.07) is 20.3. The van der Waals surface area contributed by atoms with Gasteiger partial charge in [-0.3, -0.25) is 4.79 Å². The van der Waals surface area contributed by atoms with Crippen LogP contribution in [0.3, 0.4) is 0 Å². The Morgan fingerprint density at radius 3 is 2.72 bits per heavy atom. The van der Waals surface area contributed by atoms with Gasteiger partial charge in [0.25, 0.3) is 5.91 Å². The lowest BCUT2D eigenvalue weighted by atomic mass is 10.0. The maximum Gasteiger partial charge on any atom is 0.252 e. The van der Waals surface area contributed by atoms with Gasteiger partial charge in [-0.15, -0.1) is 0 Å². The van der Waals surface area contributed by atoms with E-state index in [0.29, 0.717) is 13.0 Å². The topological polar surface area (TPSA) is 43.6 Å². The molecule has 0 aliphatic carbocycles. The van der Waals surface area contributed by atoms with Crippen molar-refractivity contribution in [2.24, 2.45) is 4.99 Å². The first-order valence-corrected chi connectivity index (χ1v) is 10.8. The lowest BCUT2D eigenvalue weighted by molar-refractivity contribution is -0.117. The Morgan fingerprint density at radius 1 is 1.07 bits per heavy atom. The van der Waals surface area contributed by atoms with Gasteiger partial charge in [-0.1, -0.05) is 60.7 Å². The smallest absolute Gasteiger partial charge is 0.252 e. The molecule has 5 heteroatoms. The number of hydrogen-bond donors (Lipinski definition) is 0. The molecule has 0 spiro atoms. The number of hydrogen-bond acceptors (Lipinski definition) is 3. The molecule has 0 bridgehead atoms. The van der Waals surface area contributed by atoms with Crippen LogP contribution in [0, 0.1) is 0 Å². The van der Waals surface area contributed by atoms with Gasteiger partial charge < -0.3 is 9.30 Å². The molecule has 3 aromatic carbocycles. The van der Waals surface area contributed by atoms with E-state index < -0.39 is 0 Å². The summed E-state index contributed by atoms with van der Waals surface area (Å²) in [4.78, 5) is 18.1. The highest BCUT2D eigenvalue weighted by Gasteiger charge is 2.10. The maximum absolute atomic E-state index is 12.8. The predicted octanol–water partition coefficient (Wildman–Crippen LogP) is 5.33. The summed E-state index contributed by atoms with van der Waals surface area (Å²) in [6.07, 6.45) is 1.27. The second-order valence-corrected chi connectivity index (χ2v) is 7.93. The molecule has 0 unspecified atom stereocenters. The number of aryl methyl sites for hydroxylation is 1. The number of nitrogens with zero attached hydrogens (tertiary/aromatic N) is 2. The minimum Gasteiger partial charge on any atom is -0.494 e. The number of aromatic nitrogens is 1. The normalized spacial score (nSPS) is 12.0. The molecular weight excluding hydrogens is 380 g/mol. The number of carbonyl (C=O) groups excluding carboxylic acids is 1. The van der Waals surface area contributed by atoms with Crippen molar-refractivity contribution in [1.82, 2.24) is 4.57 Å². The van der Waals surface area contributed by atoms with Crippen LogP contribution in [0.2, 0.25) is 0 Å². The predicted molar refractivity (Wildman–Crippen MR) is 119 cm³/mol. The van der Waals surface area contributed by atoms with Crippen LogP contribution in [-0.2, 0) is 17.8 Å². The number of carbonyl (C=O) groups is 1. The Balaban J connectivity index is 1.72. The van der Waals surface area contributed by atoms with E-state index in [2.05, 4.69) is 40.7 Å². The first-order chi connectivity index (χ1) is 14.2. The number of fused-ring (bicyclic) bond motifs is 2. The van der Waals surface area contributed by atoms with E-state index in [9.17, 15) is 4.79 Å². The van der Waals surface area contributed by atoms with E-state index in [-0.39, 0.29) is 5.91 Å². The Morgan fingerprint density at radius 2 is 1.90 bits per heavy atom. The van der Waals surface area contributed by atoms with Gasteiger partial charge in [-0.05, 0) is 47.9 Å². The van der Waals surface area contributed by atoms with E-state index in [1.54, 1.807) is 11.3 Å². The third-order valence-corrected chi connectivity index (χ3v) is 5.90. The zero-order valence-electron chi connectivity index (χ0n) is 16.7. The Bertz CT molecular complexity index is 1230. The number of thiazole rings is 1. The highest BCUT2D eigenvalue weighted by atomic mass is 32.1. The SMILES string of the molecule is CCCn1c(=NC(=O)Cc2cccc3ccccc23)sc2cc(OCC)ccc21. The first kappa shape index (κ1) is 19.4. The zero-order chi connectivity index (χ0) is 20.2. The summed E-state index contributed by atoms with van der Waals surface area (Å²) in [5.74, 6) is 0.723. The number of rotatable bonds is 6. The van der Waals surface area contributed by atoms with Crippen LogP contribution in [0.1, 0.15) is 25.8 Å². The standard InChI is InChI=1S/C24H24N2O2S/c1-3-14-26-21-13-12-19(28-4-2)16-22(21)29-24(26)25-23(27)15-18-10-7-9-17-8-5-6-11-20(17)18/h5-13,16H,3-4,14-15H2,1-2H3. The van der Waals surface area contributed by atoms with Gasteiger partial charge in [0.05, 0.1) is 23.2 Å². The molecule has 0 radical (unpaired) electrons. The van der Waals surface area contributed by atoms with Gasteiger partial charge in [0.15, 0.2) is 4.80 Å². The molecule has 29 heavy (non-hydrogen) atoms. The highest BCUT2D eigenvalue weighted by Crippen LogP contribution is 2.24. The molecule has 0 fully saturated rings. The third-order valence-electron chi connectivity index (χ3n) is 4.85. The minimum absolute atomic E-state index is 0.122. The fraction of sp³-hybridized carbons (Fsp3) is 0.250. The average Bonchev–Trinajstić information content (AvgIpc) is 3.05. The number of amides is 1. The van der Waals surface area contributed by atoms with Crippen molar-refractivity contribution in [2.45, 2.75) is 33.2 Å². The zero-order valence-corrected chi connectivity index (χ0v) is 17.5. The third kappa shape index (κ3) is 4.10. The summed E-state index contributed by atoms with van der Waals surface area (Å²) < 4.78 is 8.84. The molecule has 4 nitrogen and oxygen atoms in total. The fourth-order valence-electron chi connectivity index (χ4n) is 3.59. The van der Waals surface area contributed by atoms with Crippen molar-refractivity contribution in [3.63, 3.8) is 0 Å². The van der Waals surface area contributed by atoms with Gasteiger partial charge in [-0.25, -0.2) is 0 Å². The summed E-state index contributed by atoms with van der Waals surface area (Å²) in [7, 11) is 0. The van der Waals surface area contributed by atoms with Crippen molar-refractivity contribution in [3.8, 4) is 5.75 Å². The van der Waals surface area contributed by atoms with Crippen LogP contribution in [-0.4, -0.2) is 17.1 Å². The molecule has 148 valence electrons.